The Hall–Kier alpha value is -2.35. The number of unbranched alkanes of at least 4 members (excludes halogenated alkanes) is 2. The number of hydrogen-bond donors (Lipinski definition) is 7. The summed E-state index contributed by atoms with van der Waals surface area (Å²) in [5.74, 6) is 8.83. The van der Waals surface area contributed by atoms with E-state index in [1.165, 1.54) is 0 Å². The Bertz CT molecular complexity index is 1060. The predicted octanol–water partition coefficient (Wildman–Crippen LogP) is 2.81. The second-order valence-electron chi connectivity index (χ2n) is 9.84. The number of nitrogens with two attached hydrogens (primary N) is 5. The van der Waals surface area contributed by atoms with Crippen LogP contribution in [-0.2, 0) is 65.2 Å². The van der Waals surface area contributed by atoms with E-state index in [0.29, 0.717) is 30.6 Å². The van der Waals surface area contributed by atoms with Crippen LogP contribution in [0.5, 0.6) is 0 Å². The minimum absolute atomic E-state index is 0. The van der Waals surface area contributed by atoms with Gasteiger partial charge in [-0.25, -0.2) is 11.8 Å². The van der Waals surface area contributed by atoms with Gasteiger partial charge in [-0.15, -0.1) is 0 Å². The number of primary amides is 2. The summed E-state index contributed by atoms with van der Waals surface area (Å²) in [5, 5.41) is 5.65. The first-order chi connectivity index (χ1) is 21.1. The van der Waals surface area contributed by atoms with Crippen LogP contribution in [0.3, 0.4) is 0 Å². The molecule has 0 saturated heterocycles. The SMILES string of the molecule is C.C.C[C@@H](CCCCNC(=O)c1cccc(CON)c1)C(N)=O.NOCc1cccc(C(=O)NCCCC[C@H](N)C(N)=O)c1.[CH2-]P.[Y]. The molecule has 3 atom stereocenters. The Morgan fingerprint density at radius 1 is 0.745 bits per heavy atom. The van der Waals surface area contributed by atoms with Gasteiger partial charge in [0.25, 0.3) is 11.8 Å². The minimum Gasteiger partial charge on any atom is -0.369 e. The summed E-state index contributed by atoms with van der Waals surface area (Å²) < 4.78 is 0. The molecule has 13 nitrogen and oxygen atoms in total. The van der Waals surface area contributed by atoms with Crippen LogP contribution in [0.15, 0.2) is 48.5 Å². The Labute approximate surface area is 308 Å². The molecule has 0 aromatic heterocycles. The van der Waals surface area contributed by atoms with Crippen molar-refractivity contribution in [1.29, 1.82) is 0 Å². The molecule has 0 spiro atoms. The van der Waals surface area contributed by atoms with E-state index in [-0.39, 0.29) is 84.4 Å². The van der Waals surface area contributed by atoms with Gasteiger partial charge in [-0.3, -0.25) is 28.9 Å². The van der Waals surface area contributed by atoms with E-state index in [9.17, 15) is 19.2 Å². The Morgan fingerprint density at radius 3 is 1.51 bits per heavy atom. The first kappa shape index (κ1) is 51.5. The van der Waals surface area contributed by atoms with E-state index in [2.05, 4.69) is 36.2 Å². The van der Waals surface area contributed by atoms with Crippen LogP contribution < -0.4 is 39.6 Å². The fourth-order valence-corrected chi connectivity index (χ4v) is 3.75. The Kier molecular flexibility index (Phi) is 35.3. The van der Waals surface area contributed by atoms with Crippen LogP contribution in [0.4, 0.5) is 0 Å². The van der Waals surface area contributed by atoms with Crippen molar-refractivity contribution in [3.8, 4) is 0 Å². The quantitative estimate of drug-likeness (QED) is 0.0512. The molecule has 47 heavy (non-hydrogen) atoms. The average Bonchev–Trinajstić information content (AvgIpc) is 3.02. The monoisotopic (exact) mass is 755 g/mol. The zero-order valence-electron chi connectivity index (χ0n) is 26.0. The topological polar surface area (TPSA) is 241 Å². The first-order valence-corrected chi connectivity index (χ1v) is 15.0. The van der Waals surface area contributed by atoms with Crippen LogP contribution >= 0.6 is 9.24 Å². The number of carbonyl (C=O) groups is 4. The fraction of sp³-hybridized carbons (Fsp3) is 0.469. The summed E-state index contributed by atoms with van der Waals surface area (Å²) in [5.41, 5.74) is 18.6. The smallest absolute Gasteiger partial charge is 0.251 e. The first-order valence-electron chi connectivity index (χ1n) is 14.2. The Morgan fingerprint density at radius 2 is 1.15 bits per heavy atom. The molecule has 1 unspecified atom stereocenters. The summed E-state index contributed by atoms with van der Waals surface area (Å²) >= 11 is 0. The zero-order chi connectivity index (χ0) is 33.3. The molecule has 0 aliphatic rings. The van der Waals surface area contributed by atoms with Crippen molar-refractivity contribution in [3.63, 3.8) is 0 Å². The maximum Gasteiger partial charge on any atom is 0.251 e. The zero-order valence-corrected chi connectivity index (χ0v) is 30.0. The number of benzene rings is 2. The van der Waals surface area contributed by atoms with Crippen LogP contribution in [-0.4, -0.2) is 42.8 Å². The largest absolute Gasteiger partial charge is 0.369 e. The average molecular weight is 756 g/mol. The number of hydrogen-bond acceptors (Lipinski definition) is 9. The maximum atomic E-state index is 11.9. The normalized spacial score (nSPS) is 10.8. The third-order valence-corrected chi connectivity index (χ3v) is 6.31. The summed E-state index contributed by atoms with van der Waals surface area (Å²) in [6.45, 7) is 6.59. The predicted molar refractivity (Wildman–Crippen MR) is 187 cm³/mol. The van der Waals surface area contributed by atoms with Crippen molar-refractivity contribution in [3.05, 3.63) is 77.4 Å². The molecule has 15 heteroatoms. The van der Waals surface area contributed by atoms with Crippen molar-refractivity contribution in [2.75, 3.05) is 13.1 Å². The van der Waals surface area contributed by atoms with Gasteiger partial charge in [0.1, 0.15) is 0 Å². The molecular formula is C32H57N7O6PY-. The van der Waals surface area contributed by atoms with Crippen molar-refractivity contribution in [1.82, 2.24) is 10.6 Å². The third kappa shape index (κ3) is 24.5. The van der Waals surface area contributed by atoms with Gasteiger partial charge in [-0.1, -0.05) is 52.5 Å². The molecule has 0 aliphatic carbocycles. The van der Waals surface area contributed by atoms with Gasteiger partial charge in [0, 0.05) is 62.8 Å². The fourth-order valence-electron chi connectivity index (χ4n) is 3.75. The van der Waals surface area contributed by atoms with Gasteiger partial charge in [0.05, 0.1) is 19.3 Å². The number of nitrogens with one attached hydrogen (secondary N) is 2. The van der Waals surface area contributed by atoms with Gasteiger partial charge in [-0.05, 0) is 67.5 Å². The number of carbonyl (C=O) groups excluding carboxylic acids is 4. The van der Waals surface area contributed by atoms with Crippen LogP contribution in [0.1, 0.15) is 92.1 Å². The van der Waals surface area contributed by atoms with E-state index >= 15 is 0 Å². The molecule has 2 aromatic carbocycles. The van der Waals surface area contributed by atoms with E-state index in [1.54, 1.807) is 36.4 Å². The molecule has 0 heterocycles. The van der Waals surface area contributed by atoms with E-state index in [4.69, 9.17) is 29.0 Å². The molecule has 0 fully saturated rings. The van der Waals surface area contributed by atoms with Gasteiger partial charge in [-0.2, -0.15) is 0 Å². The molecule has 4 amide bonds. The van der Waals surface area contributed by atoms with Crippen LogP contribution in [0.2, 0.25) is 0 Å². The number of amides is 4. The summed E-state index contributed by atoms with van der Waals surface area (Å²) in [6.07, 6.45) is 4.40. The van der Waals surface area contributed by atoms with Crippen molar-refractivity contribution >= 4 is 32.9 Å². The molecule has 2 aromatic rings. The standard InChI is InChI=1S/C15H23N3O3.C14H22N4O3.CH4P.2CH4.Y/c1-11(14(16)19)5-2-3-8-18-15(20)13-7-4-6-12(9-13)10-21-17;15-12(13(16)19)6-1-2-7-18-14(20)11-5-3-4-10(8-11)9-21-17;1-2;;;/h4,6-7,9,11H,2-3,5,8,10,17H2,1H3,(H2,16,19)(H,18,20);3-5,8,12H,1-2,6-7,9,15,17H2,(H2,16,19)(H,18,20);1-2H2;2*1H4;/q;;-1;;;/t11-;12-;;;;/m00..../s1. The van der Waals surface area contributed by atoms with Crippen molar-refractivity contribution in [2.45, 2.75) is 79.6 Å². The second kappa shape index (κ2) is 32.2. The summed E-state index contributed by atoms with van der Waals surface area (Å²) in [7, 11) is 2.17. The van der Waals surface area contributed by atoms with Gasteiger partial charge < -0.3 is 43.7 Å². The van der Waals surface area contributed by atoms with Crippen LogP contribution in [0.25, 0.3) is 0 Å². The minimum atomic E-state index is -0.617. The van der Waals surface area contributed by atoms with Gasteiger partial charge >= 0.3 is 0 Å². The van der Waals surface area contributed by atoms with Crippen molar-refractivity contribution < 1.29 is 61.6 Å². The maximum absolute atomic E-state index is 11.9. The molecule has 0 bridgehead atoms. The molecule has 1 radical (unpaired) electrons. The van der Waals surface area contributed by atoms with Gasteiger partial charge in [0.15, 0.2) is 0 Å². The van der Waals surface area contributed by atoms with Gasteiger partial charge in [0.2, 0.25) is 11.8 Å². The van der Waals surface area contributed by atoms with Crippen molar-refractivity contribution in [2.24, 2.45) is 34.9 Å². The molecular weight excluding hydrogens is 698 g/mol. The summed E-state index contributed by atoms with van der Waals surface area (Å²) in [4.78, 5) is 54.6. The molecule has 265 valence electrons. The van der Waals surface area contributed by atoms with E-state index in [1.807, 2.05) is 19.1 Å². The van der Waals surface area contributed by atoms with E-state index in [0.717, 1.165) is 43.2 Å². The third-order valence-electron chi connectivity index (χ3n) is 6.31. The molecule has 12 N–H and O–H groups in total. The number of rotatable bonds is 18. The Balaban J connectivity index is -0.000000352. The molecule has 2 rings (SSSR count). The summed E-state index contributed by atoms with van der Waals surface area (Å²) in [6, 6.07) is 13.6. The van der Waals surface area contributed by atoms with Crippen LogP contribution in [0, 0.1) is 12.6 Å². The molecule has 0 aliphatic heterocycles. The second-order valence-corrected chi connectivity index (χ2v) is 9.84. The van der Waals surface area contributed by atoms with E-state index < -0.39 is 11.9 Å². The molecule has 0 saturated carbocycles.